The second kappa shape index (κ2) is 6.88. The molecule has 1 rings (SSSR count). The summed E-state index contributed by atoms with van der Waals surface area (Å²) in [5, 5.41) is 7.25. The second-order valence-corrected chi connectivity index (χ2v) is 4.93. The van der Waals surface area contributed by atoms with Crippen LogP contribution in [-0.4, -0.2) is 54.2 Å². The Balaban J connectivity index is 2.75. The minimum Gasteiger partial charge on any atom is -0.310 e. The molecule has 1 heterocycles. The molecule has 0 unspecified atom stereocenters. The van der Waals surface area contributed by atoms with Gasteiger partial charge in [-0.05, 0) is 36.6 Å². The largest absolute Gasteiger partial charge is 0.310 e. The van der Waals surface area contributed by atoms with Crippen molar-refractivity contribution in [1.29, 1.82) is 0 Å². The molecule has 17 heavy (non-hydrogen) atoms. The number of Topliss-reactive ketones (excluding diaryl/α,β-unsaturated/α-hetero) is 1. The molecule has 0 saturated carbocycles. The van der Waals surface area contributed by atoms with Crippen LogP contribution in [0.2, 0.25) is 0 Å². The summed E-state index contributed by atoms with van der Waals surface area (Å²) in [4.78, 5) is 14.0. The number of nitrogens with zero attached hydrogens (tertiary/aromatic N) is 3. The Morgan fingerprint density at radius 2 is 2.29 bits per heavy atom. The molecule has 0 amide bonds. The Hall–Kier alpha value is -0.720. The van der Waals surface area contributed by atoms with Crippen LogP contribution in [0.5, 0.6) is 0 Å². The highest BCUT2D eigenvalue weighted by Gasteiger charge is 2.16. The first-order valence-corrected chi connectivity index (χ1v) is 6.45. The number of carbonyl (C=O) groups excluding carboxylic acids is 1. The minimum absolute atomic E-state index is 0.0648. The predicted octanol–water partition coefficient (Wildman–Crippen LogP) is 0.999. The van der Waals surface area contributed by atoms with Crippen molar-refractivity contribution in [2.24, 2.45) is 0 Å². The van der Waals surface area contributed by atoms with Crippen LogP contribution in [0.1, 0.15) is 17.4 Å². The normalized spacial score (nSPS) is 11.1. The quantitative estimate of drug-likeness (QED) is 0.764. The smallest absolute Gasteiger partial charge is 0.195 e. The number of hydrogen-bond acceptors (Lipinski definition) is 4. The number of carbonyl (C=O) groups is 1. The van der Waals surface area contributed by atoms with Gasteiger partial charge in [-0.15, -0.1) is 0 Å². The Labute approximate surface area is 110 Å². The molecule has 0 aromatic carbocycles. The van der Waals surface area contributed by atoms with E-state index in [9.17, 15) is 4.79 Å². The Bertz CT molecular complexity index is 376. The zero-order valence-corrected chi connectivity index (χ0v) is 12.1. The highest BCUT2D eigenvalue weighted by Crippen LogP contribution is 2.16. The van der Waals surface area contributed by atoms with Gasteiger partial charge in [-0.1, -0.05) is 6.92 Å². The summed E-state index contributed by atoms with van der Waals surface area (Å²) in [7, 11) is 4.00. The molecule has 96 valence electrons. The van der Waals surface area contributed by atoms with Crippen LogP contribution < -0.4 is 5.32 Å². The average Bonchev–Trinajstić information content (AvgIpc) is 2.64. The summed E-state index contributed by atoms with van der Waals surface area (Å²) >= 11 is 3.37. The minimum atomic E-state index is 0.0648. The molecular weight excluding hydrogens is 284 g/mol. The maximum Gasteiger partial charge on any atom is 0.195 e. The third-order valence-corrected chi connectivity index (χ3v) is 2.93. The highest BCUT2D eigenvalue weighted by atomic mass is 79.9. The molecule has 0 atom stereocenters. The fourth-order valence-corrected chi connectivity index (χ4v) is 1.94. The molecule has 0 fully saturated rings. The van der Waals surface area contributed by atoms with E-state index in [2.05, 4.69) is 31.2 Å². The van der Waals surface area contributed by atoms with Gasteiger partial charge in [0, 0.05) is 6.54 Å². The summed E-state index contributed by atoms with van der Waals surface area (Å²) in [6.45, 7) is 4.69. The van der Waals surface area contributed by atoms with E-state index in [1.54, 1.807) is 10.9 Å². The number of nitrogens with one attached hydrogen (secondary N) is 1. The summed E-state index contributed by atoms with van der Waals surface area (Å²) in [5.41, 5.74) is 0.646. The van der Waals surface area contributed by atoms with E-state index in [0.717, 1.165) is 17.6 Å². The fraction of sp³-hybridized carbons (Fsp3) is 0.636. The molecule has 0 bridgehead atoms. The van der Waals surface area contributed by atoms with Gasteiger partial charge >= 0.3 is 0 Å². The molecule has 1 aromatic heterocycles. The molecule has 0 saturated heterocycles. The highest BCUT2D eigenvalue weighted by molar-refractivity contribution is 9.10. The SMILES string of the molecule is CCNCC(=O)c1c(Br)cnn1CCN(C)C. The lowest BCUT2D eigenvalue weighted by Crippen LogP contribution is -2.27. The van der Waals surface area contributed by atoms with Gasteiger partial charge in [-0.25, -0.2) is 0 Å². The number of likely N-dealkylation sites (N-methyl/N-ethyl adjacent to an activating group) is 2. The summed E-state index contributed by atoms with van der Waals surface area (Å²) in [6.07, 6.45) is 1.68. The van der Waals surface area contributed by atoms with Crippen LogP contribution in [0.3, 0.4) is 0 Å². The zero-order valence-electron chi connectivity index (χ0n) is 10.5. The van der Waals surface area contributed by atoms with Gasteiger partial charge in [-0.3, -0.25) is 9.48 Å². The van der Waals surface area contributed by atoms with Crippen molar-refractivity contribution in [3.8, 4) is 0 Å². The number of rotatable bonds is 7. The molecule has 0 aliphatic carbocycles. The standard InChI is InChI=1S/C11H19BrN4O/c1-4-13-8-10(17)11-9(12)7-14-16(11)6-5-15(2)3/h7,13H,4-6,8H2,1-3H3. The topological polar surface area (TPSA) is 50.2 Å². The second-order valence-electron chi connectivity index (χ2n) is 4.07. The Morgan fingerprint density at radius 3 is 2.88 bits per heavy atom. The monoisotopic (exact) mass is 302 g/mol. The molecule has 0 spiro atoms. The summed E-state index contributed by atoms with van der Waals surface area (Å²) in [5.74, 6) is 0.0648. The lowest BCUT2D eigenvalue weighted by molar-refractivity contribution is 0.0980. The van der Waals surface area contributed by atoms with E-state index in [1.807, 2.05) is 21.0 Å². The van der Waals surface area contributed by atoms with Crippen molar-refractivity contribution in [3.63, 3.8) is 0 Å². The zero-order chi connectivity index (χ0) is 12.8. The summed E-state index contributed by atoms with van der Waals surface area (Å²) < 4.78 is 2.52. The molecule has 0 radical (unpaired) electrons. The molecule has 5 nitrogen and oxygen atoms in total. The van der Waals surface area contributed by atoms with Crippen LogP contribution in [-0.2, 0) is 6.54 Å². The van der Waals surface area contributed by atoms with Crippen LogP contribution in [0.4, 0.5) is 0 Å². The van der Waals surface area contributed by atoms with Crippen LogP contribution in [0.25, 0.3) is 0 Å². The molecule has 1 N–H and O–H groups in total. The van der Waals surface area contributed by atoms with E-state index < -0.39 is 0 Å². The first-order valence-electron chi connectivity index (χ1n) is 5.66. The van der Waals surface area contributed by atoms with Crippen molar-refractivity contribution in [2.45, 2.75) is 13.5 Å². The molecule has 0 aliphatic rings. The van der Waals surface area contributed by atoms with Gasteiger partial charge in [0.05, 0.1) is 23.8 Å². The van der Waals surface area contributed by atoms with Crippen LogP contribution >= 0.6 is 15.9 Å². The van der Waals surface area contributed by atoms with E-state index in [1.165, 1.54) is 0 Å². The van der Waals surface area contributed by atoms with Crippen molar-refractivity contribution >= 4 is 21.7 Å². The number of halogens is 1. The van der Waals surface area contributed by atoms with E-state index in [-0.39, 0.29) is 5.78 Å². The molecular formula is C11H19BrN4O. The molecule has 0 aliphatic heterocycles. The van der Waals surface area contributed by atoms with Gasteiger partial charge in [0.2, 0.25) is 0 Å². The third kappa shape index (κ3) is 4.22. The molecule has 6 heteroatoms. The maximum absolute atomic E-state index is 12.0. The van der Waals surface area contributed by atoms with E-state index >= 15 is 0 Å². The van der Waals surface area contributed by atoms with Crippen molar-refractivity contribution in [1.82, 2.24) is 20.0 Å². The lowest BCUT2D eigenvalue weighted by atomic mass is 10.3. The van der Waals surface area contributed by atoms with Crippen LogP contribution in [0.15, 0.2) is 10.7 Å². The summed E-state index contributed by atoms with van der Waals surface area (Å²) in [6, 6.07) is 0. The van der Waals surface area contributed by atoms with Gasteiger partial charge in [0.25, 0.3) is 0 Å². The maximum atomic E-state index is 12.0. The Morgan fingerprint density at radius 1 is 1.59 bits per heavy atom. The lowest BCUT2D eigenvalue weighted by Gasteiger charge is -2.11. The van der Waals surface area contributed by atoms with E-state index in [4.69, 9.17) is 0 Å². The third-order valence-electron chi connectivity index (χ3n) is 2.35. The van der Waals surface area contributed by atoms with Gasteiger partial charge < -0.3 is 10.2 Å². The first kappa shape index (κ1) is 14.3. The van der Waals surface area contributed by atoms with Crippen molar-refractivity contribution in [3.05, 3.63) is 16.4 Å². The van der Waals surface area contributed by atoms with Gasteiger partial charge in [0.1, 0.15) is 5.69 Å². The predicted molar refractivity (Wildman–Crippen MR) is 71.4 cm³/mol. The van der Waals surface area contributed by atoms with E-state index in [0.29, 0.717) is 18.8 Å². The van der Waals surface area contributed by atoms with Crippen LogP contribution in [0, 0.1) is 0 Å². The van der Waals surface area contributed by atoms with Gasteiger partial charge in [-0.2, -0.15) is 5.10 Å². The number of hydrogen-bond donors (Lipinski definition) is 1. The van der Waals surface area contributed by atoms with Crippen molar-refractivity contribution in [2.75, 3.05) is 33.7 Å². The number of ketones is 1. The first-order chi connectivity index (χ1) is 8.06. The average molecular weight is 303 g/mol. The Kier molecular flexibility index (Phi) is 5.80. The van der Waals surface area contributed by atoms with Gasteiger partial charge in [0.15, 0.2) is 5.78 Å². The van der Waals surface area contributed by atoms with Crippen molar-refractivity contribution < 1.29 is 4.79 Å². The number of aromatic nitrogens is 2. The fourth-order valence-electron chi connectivity index (χ4n) is 1.43. The molecule has 1 aromatic rings.